The van der Waals surface area contributed by atoms with Crippen LogP contribution in [0, 0.1) is 17.8 Å². The molecule has 1 nitrogen and oxygen atoms in total. The van der Waals surface area contributed by atoms with Crippen molar-refractivity contribution in [2.45, 2.75) is 51.5 Å². The molecule has 2 rings (SSSR count). The van der Waals surface area contributed by atoms with E-state index in [-0.39, 0.29) is 0 Å². The van der Waals surface area contributed by atoms with Gasteiger partial charge in [0.2, 0.25) is 0 Å². The van der Waals surface area contributed by atoms with Crippen molar-refractivity contribution in [1.29, 1.82) is 0 Å². The molecule has 0 amide bonds. The first-order valence-corrected chi connectivity index (χ1v) is 7.67. The monoisotopic (exact) mass is 255 g/mol. The first-order valence-electron chi connectivity index (χ1n) is 7.67. The molecule has 1 aromatic carbocycles. The van der Waals surface area contributed by atoms with E-state index in [0.717, 1.165) is 18.0 Å². The van der Waals surface area contributed by atoms with Crippen LogP contribution >= 0.6 is 0 Å². The molecule has 1 unspecified atom stereocenters. The number of nitrogens with one attached hydrogen (secondary N) is 1. The largest absolute Gasteiger partial charge is 0.303 e. The number of hydrogen-bond donors (Lipinski definition) is 1. The van der Waals surface area contributed by atoms with Crippen LogP contribution in [0.15, 0.2) is 30.3 Å². The highest BCUT2D eigenvalue weighted by atomic mass is 14.9. The molecule has 1 aliphatic carbocycles. The van der Waals surface area contributed by atoms with E-state index in [0.29, 0.717) is 6.04 Å². The summed E-state index contributed by atoms with van der Waals surface area (Å²) in [6.45, 7) is 3.10. The highest BCUT2D eigenvalue weighted by Crippen LogP contribution is 2.27. The average molecular weight is 255 g/mol. The van der Waals surface area contributed by atoms with Crippen LogP contribution in [-0.4, -0.2) is 12.6 Å². The highest BCUT2D eigenvalue weighted by Gasteiger charge is 2.21. The molecule has 1 aromatic rings. The third-order valence-electron chi connectivity index (χ3n) is 4.12. The Labute approximate surface area is 117 Å². The van der Waals surface area contributed by atoms with Gasteiger partial charge in [-0.15, -0.1) is 0 Å². The maximum Gasteiger partial charge on any atom is 0.0582 e. The smallest absolute Gasteiger partial charge is 0.0582 e. The maximum absolute atomic E-state index is 3.64. The van der Waals surface area contributed by atoms with Crippen molar-refractivity contribution in [3.05, 3.63) is 35.9 Å². The van der Waals surface area contributed by atoms with Gasteiger partial charge in [0, 0.05) is 11.6 Å². The zero-order chi connectivity index (χ0) is 13.3. The molecule has 1 N–H and O–H groups in total. The lowest BCUT2D eigenvalue weighted by Gasteiger charge is -2.29. The minimum atomic E-state index is 0.658. The van der Waals surface area contributed by atoms with Gasteiger partial charge in [-0.2, -0.15) is 0 Å². The Kier molecular flexibility index (Phi) is 5.98. The van der Waals surface area contributed by atoms with E-state index in [1.165, 1.54) is 38.5 Å². The molecule has 0 bridgehead atoms. The Bertz CT molecular complexity index is 406. The molecule has 1 fully saturated rings. The molecule has 0 spiro atoms. The first-order chi connectivity index (χ1) is 9.40. The third-order valence-corrected chi connectivity index (χ3v) is 4.12. The molecule has 102 valence electrons. The summed E-state index contributed by atoms with van der Waals surface area (Å²) in [5.74, 6) is 7.33. The molecule has 0 heterocycles. The SMILES string of the molecule is CCC(NCC#Cc1ccccc1)C1CCCCC1. The summed E-state index contributed by atoms with van der Waals surface area (Å²) in [5, 5.41) is 3.64. The number of benzene rings is 1. The van der Waals surface area contributed by atoms with Crippen molar-refractivity contribution in [2.75, 3.05) is 6.54 Å². The van der Waals surface area contributed by atoms with Gasteiger partial charge in [0.05, 0.1) is 6.54 Å². The summed E-state index contributed by atoms with van der Waals surface area (Å²) in [5.41, 5.74) is 1.11. The summed E-state index contributed by atoms with van der Waals surface area (Å²) in [6.07, 6.45) is 8.28. The van der Waals surface area contributed by atoms with E-state index < -0.39 is 0 Å². The van der Waals surface area contributed by atoms with Crippen molar-refractivity contribution in [3.63, 3.8) is 0 Å². The number of hydrogen-bond acceptors (Lipinski definition) is 1. The van der Waals surface area contributed by atoms with Gasteiger partial charge in [-0.25, -0.2) is 0 Å². The summed E-state index contributed by atoms with van der Waals surface area (Å²) in [7, 11) is 0. The third kappa shape index (κ3) is 4.73. The Morgan fingerprint density at radius 2 is 1.89 bits per heavy atom. The van der Waals surface area contributed by atoms with Crippen molar-refractivity contribution >= 4 is 0 Å². The van der Waals surface area contributed by atoms with Gasteiger partial charge in [-0.1, -0.05) is 56.2 Å². The highest BCUT2D eigenvalue weighted by molar-refractivity contribution is 5.33. The second-order valence-corrected chi connectivity index (χ2v) is 5.46. The van der Waals surface area contributed by atoms with Crippen LogP contribution in [0.5, 0.6) is 0 Å². The molecule has 19 heavy (non-hydrogen) atoms. The predicted molar refractivity (Wildman–Crippen MR) is 82.0 cm³/mol. The Morgan fingerprint density at radius 1 is 1.16 bits per heavy atom. The van der Waals surface area contributed by atoms with Crippen LogP contribution in [0.4, 0.5) is 0 Å². The molecule has 0 aromatic heterocycles. The zero-order valence-corrected chi connectivity index (χ0v) is 12.0. The maximum atomic E-state index is 3.64. The second-order valence-electron chi connectivity index (χ2n) is 5.46. The van der Waals surface area contributed by atoms with E-state index in [4.69, 9.17) is 0 Å². The standard InChI is InChI=1S/C18H25N/c1-2-18(17-13-7-4-8-14-17)19-15-9-12-16-10-5-3-6-11-16/h3,5-6,10-11,17-19H,2,4,7-8,13-15H2,1H3. The summed E-state index contributed by atoms with van der Waals surface area (Å²) in [6, 6.07) is 10.9. The summed E-state index contributed by atoms with van der Waals surface area (Å²) >= 11 is 0. The van der Waals surface area contributed by atoms with Crippen LogP contribution in [-0.2, 0) is 0 Å². The molecule has 0 radical (unpaired) electrons. The van der Waals surface area contributed by atoms with Crippen molar-refractivity contribution in [1.82, 2.24) is 5.32 Å². The van der Waals surface area contributed by atoms with Crippen LogP contribution in [0.25, 0.3) is 0 Å². The molecular formula is C18H25N. The van der Waals surface area contributed by atoms with Crippen molar-refractivity contribution in [2.24, 2.45) is 5.92 Å². The lowest BCUT2D eigenvalue weighted by Crippen LogP contribution is -2.36. The van der Waals surface area contributed by atoms with Crippen LogP contribution in [0.2, 0.25) is 0 Å². The lowest BCUT2D eigenvalue weighted by atomic mass is 9.83. The predicted octanol–water partition coefficient (Wildman–Crippen LogP) is 3.99. The van der Waals surface area contributed by atoms with Gasteiger partial charge in [-0.3, -0.25) is 0 Å². The fourth-order valence-electron chi connectivity index (χ4n) is 3.03. The Balaban J connectivity index is 1.78. The second kappa shape index (κ2) is 8.02. The first kappa shape index (κ1) is 14.2. The van der Waals surface area contributed by atoms with Gasteiger partial charge in [0.15, 0.2) is 0 Å². The fourth-order valence-corrected chi connectivity index (χ4v) is 3.03. The fraction of sp³-hybridized carbons (Fsp3) is 0.556. The normalized spacial score (nSPS) is 17.5. The van der Waals surface area contributed by atoms with Gasteiger partial charge in [-0.05, 0) is 37.3 Å². The van der Waals surface area contributed by atoms with Gasteiger partial charge in [0.1, 0.15) is 0 Å². The molecule has 0 aliphatic heterocycles. The van der Waals surface area contributed by atoms with E-state index in [2.05, 4.69) is 36.2 Å². The van der Waals surface area contributed by atoms with Crippen LogP contribution in [0.3, 0.4) is 0 Å². The van der Waals surface area contributed by atoms with E-state index in [1.54, 1.807) is 0 Å². The molecule has 0 saturated heterocycles. The molecule has 1 saturated carbocycles. The van der Waals surface area contributed by atoms with Crippen molar-refractivity contribution < 1.29 is 0 Å². The molecule has 1 aliphatic rings. The topological polar surface area (TPSA) is 12.0 Å². The van der Waals surface area contributed by atoms with Crippen LogP contribution in [0.1, 0.15) is 51.0 Å². The van der Waals surface area contributed by atoms with E-state index in [9.17, 15) is 0 Å². The minimum absolute atomic E-state index is 0.658. The van der Waals surface area contributed by atoms with E-state index >= 15 is 0 Å². The summed E-state index contributed by atoms with van der Waals surface area (Å²) < 4.78 is 0. The zero-order valence-electron chi connectivity index (χ0n) is 12.0. The van der Waals surface area contributed by atoms with Crippen molar-refractivity contribution in [3.8, 4) is 11.8 Å². The minimum Gasteiger partial charge on any atom is -0.303 e. The van der Waals surface area contributed by atoms with Gasteiger partial charge >= 0.3 is 0 Å². The lowest BCUT2D eigenvalue weighted by molar-refractivity contribution is 0.269. The van der Waals surface area contributed by atoms with Gasteiger partial charge in [0.25, 0.3) is 0 Å². The number of rotatable bonds is 4. The Morgan fingerprint density at radius 3 is 2.58 bits per heavy atom. The van der Waals surface area contributed by atoms with Crippen LogP contribution < -0.4 is 5.32 Å². The van der Waals surface area contributed by atoms with Gasteiger partial charge < -0.3 is 5.32 Å². The molecular weight excluding hydrogens is 230 g/mol. The van der Waals surface area contributed by atoms with E-state index in [1.807, 2.05) is 18.2 Å². The summed E-state index contributed by atoms with van der Waals surface area (Å²) in [4.78, 5) is 0. The quantitative estimate of drug-likeness (QED) is 0.802. The Hall–Kier alpha value is -1.26. The molecule has 1 atom stereocenters. The molecule has 1 heteroatoms. The average Bonchev–Trinajstić information content (AvgIpc) is 2.49.